The van der Waals surface area contributed by atoms with E-state index in [9.17, 15) is 9.59 Å². The number of amides is 2. The molecule has 2 amide bonds. The minimum absolute atomic E-state index is 0.107. The third-order valence-electron chi connectivity index (χ3n) is 4.92. The van der Waals surface area contributed by atoms with Gasteiger partial charge in [-0.05, 0) is 32.9 Å². The average Bonchev–Trinajstić information content (AvgIpc) is 2.88. The number of para-hydroxylation sites is 1. The van der Waals surface area contributed by atoms with Crippen LogP contribution in [-0.4, -0.2) is 38.9 Å². The number of fused-ring (bicyclic) bond motifs is 2. The Morgan fingerprint density at radius 2 is 2.12 bits per heavy atom. The van der Waals surface area contributed by atoms with Crippen LogP contribution in [0.5, 0.6) is 5.75 Å². The summed E-state index contributed by atoms with van der Waals surface area (Å²) in [6.07, 6.45) is -0.619. The maximum Gasteiger partial charge on any atom is 0.265 e. The third-order valence-corrected chi connectivity index (χ3v) is 4.92. The van der Waals surface area contributed by atoms with Gasteiger partial charge in [0.1, 0.15) is 5.82 Å². The van der Waals surface area contributed by atoms with Gasteiger partial charge in [-0.15, -0.1) is 0 Å². The van der Waals surface area contributed by atoms with E-state index in [0.717, 1.165) is 23.8 Å². The normalized spacial score (nSPS) is 18.9. The molecule has 4 rings (SSSR count). The number of carbonyl (C=O) groups is 2. The zero-order valence-corrected chi connectivity index (χ0v) is 14.5. The number of aromatic nitrogens is 2. The molecule has 0 spiro atoms. The lowest BCUT2D eigenvalue weighted by atomic mass is 10.1. The highest BCUT2D eigenvalue weighted by Crippen LogP contribution is 2.34. The van der Waals surface area contributed by atoms with Crippen molar-refractivity contribution in [2.24, 2.45) is 0 Å². The van der Waals surface area contributed by atoms with Gasteiger partial charge in [0.05, 0.1) is 23.5 Å². The fraction of sp³-hybridized carbons (Fsp3) is 0.389. The number of hydrogen-bond donors (Lipinski definition) is 1. The van der Waals surface area contributed by atoms with Crippen LogP contribution in [0.25, 0.3) is 0 Å². The van der Waals surface area contributed by atoms with Crippen molar-refractivity contribution in [2.75, 3.05) is 11.9 Å². The first-order valence-electron chi connectivity index (χ1n) is 8.38. The van der Waals surface area contributed by atoms with Gasteiger partial charge in [-0.2, -0.15) is 0 Å². The van der Waals surface area contributed by atoms with Crippen molar-refractivity contribution in [3.63, 3.8) is 0 Å². The average molecular weight is 340 g/mol. The second-order valence-corrected chi connectivity index (χ2v) is 6.51. The molecule has 130 valence electrons. The van der Waals surface area contributed by atoms with Crippen molar-refractivity contribution in [1.82, 2.24) is 14.5 Å². The van der Waals surface area contributed by atoms with E-state index < -0.39 is 6.10 Å². The molecule has 0 aliphatic carbocycles. The summed E-state index contributed by atoms with van der Waals surface area (Å²) in [7, 11) is 0. The highest BCUT2D eigenvalue weighted by atomic mass is 16.5. The van der Waals surface area contributed by atoms with Gasteiger partial charge in [-0.1, -0.05) is 6.07 Å². The molecular weight excluding hydrogens is 320 g/mol. The van der Waals surface area contributed by atoms with Crippen LogP contribution < -0.4 is 10.1 Å². The van der Waals surface area contributed by atoms with E-state index >= 15 is 0 Å². The van der Waals surface area contributed by atoms with E-state index in [0.29, 0.717) is 30.1 Å². The van der Waals surface area contributed by atoms with Gasteiger partial charge < -0.3 is 19.5 Å². The molecule has 1 aromatic carbocycles. The number of anilines is 1. The van der Waals surface area contributed by atoms with Crippen LogP contribution in [0.4, 0.5) is 5.69 Å². The number of rotatable bonds is 1. The van der Waals surface area contributed by atoms with Crippen LogP contribution in [0, 0.1) is 13.8 Å². The molecule has 1 aromatic heterocycles. The predicted molar refractivity (Wildman–Crippen MR) is 91.6 cm³/mol. The molecule has 0 saturated heterocycles. The number of benzene rings is 1. The minimum Gasteiger partial charge on any atom is -0.478 e. The molecule has 0 saturated carbocycles. The maximum atomic E-state index is 13.1. The molecule has 7 heteroatoms. The predicted octanol–water partition coefficient (Wildman–Crippen LogP) is 1.88. The first-order valence-corrected chi connectivity index (χ1v) is 8.38. The first kappa shape index (κ1) is 15.7. The molecule has 1 N–H and O–H groups in total. The standard InChI is InChI=1S/C18H20N4O3/c1-10-11(2)22-8-7-21(9-15(22)19-10)18(24)13-5-4-6-14-16(13)25-12(3)17(23)20-14/h4-6,12H,7-9H2,1-3H3,(H,20,23). The fourth-order valence-electron chi connectivity index (χ4n) is 3.35. The molecular formula is C18H20N4O3. The van der Waals surface area contributed by atoms with Crippen molar-refractivity contribution in [3.05, 3.63) is 41.0 Å². The summed E-state index contributed by atoms with van der Waals surface area (Å²) in [5.41, 5.74) is 3.16. The van der Waals surface area contributed by atoms with Crippen molar-refractivity contribution in [3.8, 4) is 5.75 Å². The second kappa shape index (κ2) is 5.61. The monoisotopic (exact) mass is 340 g/mol. The van der Waals surface area contributed by atoms with Crippen LogP contribution in [0.3, 0.4) is 0 Å². The van der Waals surface area contributed by atoms with Gasteiger partial charge in [0, 0.05) is 18.8 Å². The Morgan fingerprint density at radius 1 is 1.32 bits per heavy atom. The smallest absolute Gasteiger partial charge is 0.265 e. The van der Waals surface area contributed by atoms with Crippen LogP contribution in [0.15, 0.2) is 18.2 Å². The Hall–Kier alpha value is -2.83. The number of nitrogens with zero attached hydrogens (tertiary/aromatic N) is 3. The maximum absolute atomic E-state index is 13.1. The summed E-state index contributed by atoms with van der Waals surface area (Å²) in [5.74, 6) is 1.04. The largest absolute Gasteiger partial charge is 0.478 e. The molecule has 2 aromatic rings. The molecule has 3 heterocycles. The van der Waals surface area contributed by atoms with E-state index in [2.05, 4.69) is 21.8 Å². The quantitative estimate of drug-likeness (QED) is 0.860. The molecule has 1 atom stereocenters. The van der Waals surface area contributed by atoms with Crippen LogP contribution in [0.2, 0.25) is 0 Å². The zero-order valence-electron chi connectivity index (χ0n) is 14.5. The van der Waals surface area contributed by atoms with Gasteiger partial charge in [0.2, 0.25) is 0 Å². The van der Waals surface area contributed by atoms with Gasteiger partial charge in [-0.25, -0.2) is 4.98 Å². The Labute approximate surface area is 145 Å². The molecule has 7 nitrogen and oxygen atoms in total. The molecule has 2 aliphatic heterocycles. The number of aryl methyl sites for hydroxylation is 1. The van der Waals surface area contributed by atoms with Gasteiger partial charge in [0.15, 0.2) is 11.9 Å². The van der Waals surface area contributed by atoms with E-state index in [1.54, 1.807) is 30.0 Å². The minimum atomic E-state index is -0.619. The van der Waals surface area contributed by atoms with E-state index in [-0.39, 0.29) is 11.8 Å². The van der Waals surface area contributed by atoms with Gasteiger partial charge >= 0.3 is 0 Å². The highest BCUT2D eigenvalue weighted by Gasteiger charge is 2.31. The first-order chi connectivity index (χ1) is 12.0. The number of ether oxygens (including phenoxy) is 1. The Bertz CT molecular complexity index is 887. The SMILES string of the molecule is Cc1nc2n(c1C)CCN(C(=O)c1cccc3c1OC(C)C(=O)N3)C2. The summed E-state index contributed by atoms with van der Waals surface area (Å²) in [5, 5.41) is 2.78. The number of hydrogen-bond acceptors (Lipinski definition) is 4. The van der Waals surface area contributed by atoms with E-state index in [1.807, 2.05) is 6.92 Å². The number of imidazole rings is 1. The summed E-state index contributed by atoms with van der Waals surface area (Å²) in [6.45, 7) is 7.53. The lowest BCUT2D eigenvalue weighted by Gasteiger charge is -2.30. The van der Waals surface area contributed by atoms with Crippen molar-refractivity contribution in [2.45, 2.75) is 40.0 Å². The second-order valence-electron chi connectivity index (χ2n) is 6.51. The lowest BCUT2D eigenvalue weighted by Crippen LogP contribution is -2.40. The summed E-state index contributed by atoms with van der Waals surface area (Å²) < 4.78 is 7.86. The van der Waals surface area contributed by atoms with Gasteiger partial charge in [-0.3, -0.25) is 9.59 Å². The summed E-state index contributed by atoms with van der Waals surface area (Å²) >= 11 is 0. The van der Waals surface area contributed by atoms with E-state index in [1.165, 1.54) is 0 Å². The fourth-order valence-corrected chi connectivity index (χ4v) is 3.35. The highest BCUT2D eigenvalue weighted by molar-refractivity contribution is 6.04. The Morgan fingerprint density at radius 3 is 2.92 bits per heavy atom. The Balaban J connectivity index is 1.64. The topological polar surface area (TPSA) is 76.5 Å². The lowest BCUT2D eigenvalue weighted by molar-refractivity contribution is -0.122. The molecule has 2 aliphatic rings. The zero-order chi connectivity index (χ0) is 17.7. The van der Waals surface area contributed by atoms with E-state index in [4.69, 9.17) is 4.74 Å². The third kappa shape index (κ3) is 2.47. The van der Waals surface area contributed by atoms with Crippen molar-refractivity contribution < 1.29 is 14.3 Å². The van der Waals surface area contributed by atoms with Crippen LogP contribution >= 0.6 is 0 Å². The molecule has 25 heavy (non-hydrogen) atoms. The molecule has 0 bridgehead atoms. The summed E-state index contributed by atoms with van der Waals surface area (Å²) in [6, 6.07) is 5.24. The number of nitrogens with one attached hydrogen (secondary N) is 1. The summed E-state index contributed by atoms with van der Waals surface area (Å²) in [4.78, 5) is 31.2. The Kier molecular flexibility index (Phi) is 3.52. The van der Waals surface area contributed by atoms with Crippen molar-refractivity contribution >= 4 is 17.5 Å². The molecule has 1 unspecified atom stereocenters. The number of carbonyl (C=O) groups excluding carboxylic acids is 2. The van der Waals surface area contributed by atoms with Crippen LogP contribution in [0.1, 0.15) is 34.5 Å². The molecule has 0 fully saturated rings. The van der Waals surface area contributed by atoms with Gasteiger partial charge in [0.25, 0.3) is 11.8 Å². The molecule has 0 radical (unpaired) electrons. The van der Waals surface area contributed by atoms with Crippen LogP contribution in [-0.2, 0) is 17.9 Å². The van der Waals surface area contributed by atoms with Crippen molar-refractivity contribution in [1.29, 1.82) is 0 Å².